The number of nitrogens with zero attached hydrogens (tertiary/aromatic N) is 1. The summed E-state index contributed by atoms with van der Waals surface area (Å²) in [6.07, 6.45) is -4.71. The molecule has 2 aromatic rings. The highest BCUT2D eigenvalue weighted by Crippen LogP contribution is 2.32. The molecule has 136 valence electrons. The number of benzene rings is 1. The Morgan fingerprint density at radius 2 is 1.64 bits per heavy atom. The summed E-state index contributed by atoms with van der Waals surface area (Å²) in [4.78, 5) is 12.3. The van der Waals surface area contributed by atoms with E-state index in [1.807, 2.05) is 0 Å². The molecule has 0 saturated heterocycles. The first-order valence-electron chi connectivity index (χ1n) is 6.98. The predicted molar refractivity (Wildman–Crippen MR) is 78.2 cm³/mol. The molecule has 0 saturated carbocycles. The number of hydrogen-bond donors (Lipinski definition) is 0. The molecular weight excluding hydrogens is 352 g/mol. The molecule has 0 radical (unpaired) electrons. The summed E-state index contributed by atoms with van der Waals surface area (Å²) in [7, 11) is 1.22. The van der Waals surface area contributed by atoms with Crippen LogP contribution in [0.25, 0.3) is 11.1 Å². The van der Waals surface area contributed by atoms with Crippen LogP contribution in [-0.2, 0) is 13.2 Å². The molecule has 9 heteroatoms. The van der Waals surface area contributed by atoms with E-state index in [1.54, 1.807) is 0 Å². The Morgan fingerprint density at radius 1 is 1.04 bits per heavy atom. The van der Waals surface area contributed by atoms with E-state index in [0.717, 1.165) is 16.7 Å². The van der Waals surface area contributed by atoms with Crippen LogP contribution in [0.4, 0.5) is 26.3 Å². The Labute approximate surface area is 138 Å². The van der Waals surface area contributed by atoms with E-state index in [-0.39, 0.29) is 23.1 Å². The van der Waals surface area contributed by atoms with Gasteiger partial charge in [-0.3, -0.25) is 9.36 Å². The first kappa shape index (κ1) is 18.9. The third-order valence-corrected chi connectivity index (χ3v) is 3.32. The van der Waals surface area contributed by atoms with E-state index in [4.69, 9.17) is 4.74 Å². The van der Waals surface area contributed by atoms with E-state index < -0.39 is 35.6 Å². The lowest BCUT2D eigenvalue weighted by Gasteiger charge is -2.15. The molecule has 1 aromatic heterocycles. The van der Waals surface area contributed by atoms with Gasteiger partial charge in [0.05, 0.1) is 11.1 Å². The van der Waals surface area contributed by atoms with Crippen LogP contribution < -0.4 is 10.3 Å². The normalized spacial score (nSPS) is 12.3. The van der Waals surface area contributed by atoms with Gasteiger partial charge in [-0.25, -0.2) is 13.2 Å². The third kappa shape index (κ3) is 4.34. The SMILES string of the molecule is Cn1c(OCC(C)(F)F)ccc(-c2ccc(C(F)(F)F)cc2F)c1=O. The second-order valence-electron chi connectivity index (χ2n) is 5.50. The predicted octanol–water partition coefficient (Wildman–Crippen LogP) is 4.24. The molecule has 0 amide bonds. The average molecular weight is 365 g/mol. The largest absolute Gasteiger partial charge is 0.472 e. The first-order chi connectivity index (χ1) is 11.4. The van der Waals surface area contributed by atoms with Gasteiger partial charge in [0, 0.05) is 19.5 Å². The molecule has 0 N–H and O–H groups in total. The molecule has 0 aliphatic carbocycles. The van der Waals surface area contributed by atoms with Crippen molar-refractivity contribution in [2.45, 2.75) is 19.0 Å². The molecule has 0 unspecified atom stereocenters. The Kier molecular flexibility index (Phi) is 4.87. The van der Waals surface area contributed by atoms with Gasteiger partial charge in [-0.2, -0.15) is 13.2 Å². The minimum atomic E-state index is -4.71. The van der Waals surface area contributed by atoms with Crippen molar-refractivity contribution in [2.75, 3.05) is 6.61 Å². The summed E-state index contributed by atoms with van der Waals surface area (Å²) in [5.41, 5.74) is -2.53. The van der Waals surface area contributed by atoms with Crippen LogP contribution in [0.15, 0.2) is 35.1 Å². The zero-order chi connectivity index (χ0) is 19.0. The van der Waals surface area contributed by atoms with Crippen LogP contribution >= 0.6 is 0 Å². The van der Waals surface area contributed by atoms with Gasteiger partial charge in [-0.1, -0.05) is 6.07 Å². The Balaban J connectivity index is 2.42. The molecule has 0 bridgehead atoms. The van der Waals surface area contributed by atoms with E-state index >= 15 is 0 Å². The molecule has 1 heterocycles. The molecule has 0 aliphatic heterocycles. The number of aromatic nitrogens is 1. The molecule has 0 aliphatic rings. The lowest BCUT2D eigenvalue weighted by molar-refractivity contribution is -0.137. The van der Waals surface area contributed by atoms with Crippen molar-refractivity contribution in [1.82, 2.24) is 4.57 Å². The molecule has 1 aromatic carbocycles. The van der Waals surface area contributed by atoms with Crippen molar-refractivity contribution >= 4 is 0 Å². The van der Waals surface area contributed by atoms with Crippen LogP contribution in [0.1, 0.15) is 12.5 Å². The van der Waals surface area contributed by atoms with Gasteiger partial charge in [0.2, 0.25) is 0 Å². The van der Waals surface area contributed by atoms with Crippen molar-refractivity contribution in [1.29, 1.82) is 0 Å². The van der Waals surface area contributed by atoms with E-state index in [1.165, 1.54) is 13.1 Å². The van der Waals surface area contributed by atoms with Crippen molar-refractivity contribution in [3.8, 4) is 17.0 Å². The highest BCUT2D eigenvalue weighted by atomic mass is 19.4. The van der Waals surface area contributed by atoms with Crippen LogP contribution in [-0.4, -0.2) is 17.1 Å². The maximum atomic E-state index is 14.0. The number of alkyl halides is 5. The standard InChI is InChI=1S/C16H13F6NO2/c1-15(18,19)8-25-13-6-5-11(14(24)23(13)2)10-4-3-9(7-12(10)17)16(20,21)22/h3-7H,8H2,1-2H3. The number of rotatable bonds is 4. The summed E-state index contributed by atoms with van der Waals surface area (Å²) in [5.74, 6) is -4.52. The van der Waals surface area contributed by atoms with Gasteiger partial charge in [0.25, 0.3) is 11.5 Å². The van der Waals surface area contributed by atoms with Crippen LogP contribution in [0, 0.1) is 5.82 Å². The molecule has 0 atom stereocenters. The lowest BCUT2D eigenvalue weighted by Crippen LogP contribution is -2.26. The summed E-state index contributed by atoms with van der Waals surface area (Å²) < 4.78 is 83.1. The van der Waals surface area contributed by atoms with Crippen LogP contribution in [0.3, 0.4) is 0 Å². The fourth-order valence-electron chi connectivity index (χ4n) is 2.08. The van der Waals surface area contributed by atoms with Gasteiger partial charge >= 0.3 is 6.18 Å². The highest BCUT2D eigenvalue weighted by Gasteiger charge is 2.31. The fourth-order valence-corrected chi connectivity index (χ4v) is 2.08. The van der Waals surface area contributed by atoms with E-state index in [9.17, 15) is 31.1 Å². The maximum Gasteiger partial charge on any atom is 0.416 e. The Bertz CT molecular complexity index is 836. The molecule has 2 rings (SSSR count). The fraction of sp³-hybridized carbons (Fsp3) is 0.312. The quantitative estimate of drug-likeness (QED) is 0.759. The number of ether oxygens (including phenoxy) is 1. The minimum absolute atomic E-state index is 0.178. The van der Waals surface area contributed by atoms with Gasteiger partial charge < -0.3 is 4.74 Å². The topological polar surface area (TPSA) is 31.2 Å². The second-order valence-corrected chi connectivity index (χ2v) is 5.50. The summed E-state index contributed by atoms with van der Waals surface area (Å²) in [5, 5.41) is 0. The molecule has 25 heavy (non-hydrogen) atoms. The van der Waals surface area contributed by atoms with Crippen LogP contribution in [0.2, 0.25) is 0 Å². The summed E-state index contributed by atoms with van der Waals surface area (Å²) >= 11 is 0. The monoisotopic (exact) mass is 365 g/mol. The Morgan fingerprint density at radius 3 is 2.16 bits per heavy atom. The number of pyridine rings is 1. The Hall–Kier alpha value is -2.45. The smallest absolute Gasteiger partial charge is 0.416 e. The molecule has 0 fully saturated rings. The lowest BCUT2D eigenvalue weighted by atomic mass is 10.0. The van der Waals surface area contributed by atoms with Crippen LogP contribution in [0.5, 0.6) is 5.88 Å². The minimum Gasteiger partial charge on any atom is -0.472 e. The summed E-state index contributed by atoms with van der Waals surface area (Å²) in [6, 6.07) is 4.06. The first-order valence-corrected chi connectivity index (χ1v) is 6.98. The third-order valence-electron chi connectivity index (χ3n) is 3.32. The van der Waals surface area contributed by atoms with Crippen molar-refractivity contribution in [2.24, 2.45) is 7.05 Å². The van der Waals surface area contributed by atoms with Crippen molar-refractivity contribution < 1.29 is 31.1 Å². The summed E-state index contributed by atoms with van der Waals surface area (Å²) in [6.45, 7) is -0.328. The van der Waals surface area contributed by atoms with E-state index in [2.05, 4.69) is 0 Å². The molecule has 3 nitrogen and oxygen atoms in total. The second kappa shape index (κ2) is 6.45. The van der Waals surface area contributed by atoms with Gasteiger partial charge in [-0.05, 0) is 24.3 Å². The molecular formula is C16H13F6NO2. The van der Waals surface area contributed by atoms with Crippen molar-refractivity contribution in [3.63, 3.8) is 0 Å². The molecule has 0 spiro atoms. The van der Waals surface area contributed by atoms with Gasteiger partial charge in [0.15, 0.2) is 12.5 Å². The number of hydrogen-bond acceptors (Lipinski definition) is 2. The zero-order valence-corrected chi connectivity index (χ0v) is 13.1. The highest BCUT2D eigenvalue weighted by molar-refractivity contribution is 5.64. The maximum absolute atomic E-state index is 14.0. The van der Waals surface area contributed by atoms with E-state index in [0.29, 0.717) is 13.0 Å². The van der Waals surface area contributed by atoms with Crippen molar-refractivity contribution in [3.05, 3.63) is 52.1 Å². The number of halogens is 6. The van der Waals surface area contributed by atoms with Gasteiger partial charge in [-0.15, -0.1) is 0 Å². The zero-order valence-electron chi connectivity index (χ0n) is 13.1. The average Bonchev–Trinajstić information content (AvgIpc) is 2.47. The van der Waals surface area contributed by atoms with Gasteiger partial charge in [0.1, 0.15) is 5.82 Å².